The molecule has 0 radical (unpaired) electrons. The van der Waals surface area contributed by atoms with Crippen LogP contribution in [0.3, 0.4) is 0 Å². The van der Waals surface area contributed by atoms with E-state index in [9.17, 15) is 9.59 Å². The molecule has 0 aromatic heterocycles. The maximum Gasteiger partial charge on any atom is 0.251 e. The van der Waals surface area contributed by atoms with E-state index in [1.54, 1.807) is 6.92 Å². The van der Waals surface area contributed by atoms with Gasteiger partial charge in [-0.25, -0.2) is 0 Å². The molecular weight excluding hydrogens is 268 g/mol. The van der Waals surface area contributed by atoms with Crippen LogP contribution in [-0.2, 0) is 9.59 Å². The van der Waals surface area contributed by atoms with E-state index in [1.165, 1.54) is 0 Å². The number of carbonyl (C=O) groups is 2. The van der Waals surface area contributed by atoms with Gasteiger partial charge in [0.2, 0.25) is 0 Å². The second-order valence-corrected chi connectivity index (χ2v) is 5.16. The van der Waals surface area contributed by atoms with E-state index >= 15 is 0 Å². The number of primary amides is 1. The van der Waals surface area contributed by atoms with Gasteiger partial charge in [-0.15, -0.1) is 0 Å². The van der Waals surface area contributed by atoms with Gasteiger partial charge in [0.05, 0.1) is 12.3 Å². The molecule has 1 atom stereocenters. The van der Waals surface area contributed by atoms with Gasteiger partial charge in [0.25, 0.3) is 5.91 Å². The third-order valence-electron chi connectivity index (χ3n) is 4.03. The molecule has 1 saturated heterocycles. The van der Waals surface area contributed by atoms with Crippen LogP contribution < -0.4 is 15.4 Å². The van der Waals surface area contributed by atoms with Crippen molar-refractivity contribution in [2.45, 2.75) is 38.6 Å². The van der Waals surface area contributed by atoms with E-state index in [0.29, 0.717) is 25.3 Å². The lowest BCUT2D eigenvalue weighted by Gasteiger charge is -2.36. The summed E-state index contributed by atoms with van der Waals surface area (Å²) < 4.78 is 5.63. The Morgan fingerprint density at radius 2 is 2.05 bits per heavy atom. The highest BCUT2D eigenvalue weighted by Gasteiger charge is 2.52. The summed E-state index contributed by atoms with van der Waals surface area (Å²) in [6.07, 6.45) is 1.51. The zero-order valence-corrected chi connectivity index (χ0v) is 12.6. The van der Waals surface area contributed by atoms with Crippen molar-refractivity contribution in [2.24, 2.45) is 5.73 Å². The van der Waals surface area contributed by atoms with Crippen molar-refractivity contribution in [2.75, 3.05) is 18.1 Å². The number of anilines is 1. The number of rotatable bonds is 6. The predicted molar refractivity (Wildman–Crippen MR) is 81.4 cm³/mol. The molecule has 21 heavy (non-hydrogen) atoms. The number of Topliss-reactive ketones (excluding diaryl/α,β-unsaturated/α-hetero) is 1. The Balaban J connectivity index is 2.51. The van der Waals surface area contributed by atoms with Gasteiger partial charge in [0.15, 0.2) is 11.3 Å². The normalized spacial score (nSPS) is 21.3. The first-order valence-corrected chi connectivity index (χ1v) is 7.40. The highest BCUT2D eigenvalue weighted by atomic mass is 16.5. The standard InChI is InChI=1S/C16H22N2O3/c1-3-14(19)16(15(17)20)10-7-11-18(16)12-8-5-6-9-13(12)21-4-2/h5-6,8-9H,3-4,7,10-11H2,1-2H3,(H2,17,20). The van der Waals surface area contributed by atoms with Gasteiger partial charge in [-0.3, -0.25) is 9.59 Å². The van der Waals surface area contributed by atoms with Crippen molar-refractivity contribution in [3.8, 4) is 5.75 Å². The van der Waals surface area contributed by atoms with E-state index in [1.807, 2.05) is 36.1 Å². The maximum atomic E-state index is 12.4. The third-order valence-corrected chi connectivity index (χ3v) is 4.03. The molecule has 1 aromatic rings. The van der Waals surface area contributed by atoms with Gasteiger partial charge >= 0.3 is 0 Å². The molecule has 2 rings (SSSR count). The fourth-order valence-electron chi connectivity index (χ4n) is 3.08. The number of nitrogens with zero attached hydrogens (tertiary/aromatic N) is 1. The topological polar surface area (TPSA) is 72.6 Å². The lowest BCUT2D eigenvalue weighted by Crippen LogP contribution is -2.59. The van der Waals surface area contributed by atoms with Crippen LogP contribution in [0, 0.1) is 0 Å². The van der Waals surface area contributed by atoms with Crippen molar-refractivity contribution >= 4 is 17.4 Å². The molecule has 2 N–H and O–H groups in total. The average molecular weight is 290 g/mol. The average Bonchev–Trinajstić information content (AvgIpc) is 2.93. The molecule has 5 heteroatoms. The van der Waals surface area contributed by atoms with E-state index in [0.717, 1.165) is 12.1 Å². The van der Waals surface area contributed by atoms with Crippen LogP contribution in [0.15, 0.2) is 24.3 Å². The number of nitrogens with two attached hydrogens (primary N) is 1. The number of para-hydroxylation sites is 2. The minimum Gasteiger partial charge on any atom is -0.492 e. The van der Waals surface area contributed by atoms with E-state index < -0.39 is 11.4 Å². The van der Waals surface area contributed by atoms with Crippen LogP contribution in [0.4, 0.5) is 5.69 Å². The van der Waals surface area contributed by atoms with Crippen molar-refractivity contribution in [3.05, 3.63) is 24.3 Å². The summed E-state index contributed by atoms with van der Waals surface area (Å²) in [7, 11) is 0. The molecule has 5 nitrogen and oxygen atoms in total. The van der Waals surface area contributed by atoms with Crippen LogP contribution in [-0.4, -0.2) is 30.4 Å². The molecule has 1 amide bonds. The lowest BCUT2D eigenvalue weighted by atomic mass is 9.88. The zero-order chi connectivity index (χ0) is 15.5. The summed E-state index contributed by atoms with van der Waals surface area (Å²) in [6.45, 7) is 4.81. The van der Waals surface area contributed by atoms with Gasteiger partial charge < -0.3 is 15.4 Å². The number of ketones is 1. The Morgan fingerprint density at radius 3 is 2.67 bits per heavy atom. The Labute approximate surface area is 125 Å². The minimum absolute atomic E-state index is 0.126. The molecule has 0 aliphatic carbocycles. The second kappa shape index (κ2) is 6.16. The summed E-state index contributed by atoms with van der Waals surface area (Å²) in [5.41, 5.74) is 5.15. The van der Waals surface area contributed by atoms with Crippen LogP contribution in [0.2, 0.25) is 0 Å². The summed E-state index contributed by atoms with van der Waals surface area (Å²) in [5, 5.41) is 0. The first-order chi connectivity index (χ1) is 10.1. The van der Waals surface area contributed by atoms with Crippen LogP contribution in [0.5, 0.6) is 5.75 Å². The number of amides is 1. The molecule has 1 aliphatic rings. The van der Waals surface area contributed by atoms with Gasteiger partial charge in [-0.05, 0) is 31.9 Å². The SMILES string of the molecule is CCOc1ccccc1N1CCCC1(C(N)=O)C(=O)CC. The molecule has 1 aliphatic heterocycles. The fourth-order valence-corrected chi connectivity index (χ4v) is 3.08. The number of hydrogen-bond acceptors (Lipinski definition) is 4. The van der Waals surface area contributed by atoms with Gasteiger partial charge in [0, 0.05) is 13.0 Å². The molecule has 1 aromatic carbocycles. The monoisotopic (exact) mass is 290 g/mol. The van der Waals surface area contributed by atoms with Crippen molar-refractivity contribution in [1.82, 2.24) is 0 Å². The molecule has 1 unspecified atom stereocenters. The summed E-state index contributed by atoms with van der Waals surface area (Å²) in [6, 6.07) is 7.47. The minimum atomic E-state index is -1.23. The highest BCUT2D eigenvalue weighted by Crippen LogP contribution is 2.40. The van der Waals surface area contributed by atoms with Gasteiger partial charge in [-0.1, -0.05) is 19.1 Å². The van der Waals surface area contributed by atoms with E-state index in [4.69, 9.17) is 10.5 Å². The first kappa shape index (κ1) is 15.4. The second-order valence-electron chi connectivity index (χ2n) is 5.16. The van der Waals surface area contributed by atoms with Crippen molar-refractivity contribution in [3.63, 3.8) is 0 Å². The molecule has 0 saturated carbocycles. The van der Waals surface area contributed by atoms with E-state index in [-0.39, 0.29) is 12.2 Å². The number of benzene rings is 1. The maximum absolute atomic E-state index is 12.4. The Morgan fingerprint density at radius 1 is 1.33 bits per heavy atom. The van der Waals surface area contributed by atoms with Gasteiger partial charge in [0.1, 0.15) is 5.75 Å². The largest absolute Gasteiger partial charge is 0.492 e. The summed E-state index contributed by atoms with van der Waals surface area (Å²) in [4.78, 5) is 26.4. The molecule has 114 valence electrons. The Bertz CT molecular complexity index is 544. The zero-order valence-electron chi connectivity index (χ0n) is 12.6. The van der Waals surface area contributed by atoms with Crippen LogP contribution in [0.25, 0.3) is 0 Å². The smallest absolute Gasteiger partial charge is 0.251 e. The Hall–Kier alpha value is -2.04. The highest BCUT2D eigenvalue weighted by molar-refractivity contribution is 6.13. The quantitative estimate of drug-likeness (QED) is 0.812. The third kappa shape index (κ3) is 2.48. The van der Waals surface area contributed by atoms with E-state index in [2.05, 4.69) is 0 Å². The number of carbonyl (C=O) groups excluding carboxylic acids is 2. The van der Waals surface area contributed by atoms with Gasteiger partial charge in [-0.2, -0.15) is 0 Å². The number of hydrogen-bond donors (Lipinski definition) is 1. The summed E-state index contributed by atoms with van der Waals surface area (Å²) >= 11 is 0. The number of ether oxygens (including phenoxy) is 1. The molecule has 0 bridgehead atoms. The predicted octanol–water partition coefficient (Wildman–Crippen LogP) is 1.89. The van der Waals surface area contributed by atoms with Crippen molar-refractivity contribution in [1.29, 1.82) is 0 Å². The molecular formula is C16H22N2O3. The molecule has 0 spiro atoms. The molecule has 1 fully saturated rings. The lowest BCUT2D eigenvalue weighted by molar-refractivity contribution is -0.133. The fraction of sp³-hybridized carbons (Fsp3) is 0.500. The van der Waals surface area contributed by atoms with Crippen LogP contribution >= 0.6 is 0 Å². The Kier molecular flexibility index (Phi) is 4.50. The van der Waals surface area contributed by atoms with Crippen molar-refractivity contribution < 1.29 is 14.3 Å². The van der Waals surface area contributed by atoms with Crippen LogP contribution in [0.1, 0.15) is 33.1 Å². The summed E-state index contributed by atoms with van der Waals surface area (Å²) in [5.74, 6) is -0.0200. The molecule has 1 heterocycles. The first-order valence-electron chi connectivity index (χ1n) is 7.40.